The Morgan fingerprint density at radius 1 is 1.06 bits per heavy atom. The Labute approximate surface area is 103 Å². The van der Waals surface area contributed by atoms with E-state index in [1.807, 2.05) is 0 Å². The first-order chi connectivity index (χ1) is 8.29. The van der Waals surface area contributed by atoms with Crippen molar-refractivity contribution in [1.82, 2.24) is 5.32 Å². The molecule has 0 saturated heterocycles. The molecule has 0 aliphatic heterocycles. The van der Waals surface area contributed by atoms with Crippen molar-refractivity contribution in [2.24, 2.45) is 0 Å². The lowest BCUT2D eigenvalue weighted by atomic mass is 10.2. The Morgan fingerprint density at radius 2 is 1.50 bits per heavy atom. The fraction of sp³-hybridized carbons (Fsp3) is 0.600. The molecule has 18 heavy (non-hydrogen) atoms. The molecule has 0 bridgehead atoms. The molecule has 0 heterocycles. The van der Waals surface area contributed by atoms with Crippen LogP contribution in [-0.4, -0.2) is 47.7 Å². The van der Waals surface area contributed by atoms with E-state index in [9.17, 15) is 19.2 Å². The summed E-state index contributed by atoms with van der Waals surface area (Å²) in [6.07, 6.45) is -3.60. The van der Waals surface area contributed by atoms with Crippen LogP contribution in [-0.2, 0) is 28.7 Å². The zero-order chi connectivity index (χ0) is 14.3. The van der Waals surface area contributed by atoms with Crippen LogP contribution in [0.5, 0.6) is 0 Å². The molecule has 0 fully saturated rings. The number of hydrogen-bond acceptors (Lipinski definition) is 6. The van der Waals surface area contributed by atoms with Crippen molar-refractivity contribution in [3.63, 3.8) is 0 Å². The smallest absolute Gasteiger partial charge is 0.349 e. The number of nitrogens with one attached hydrogen (secondary N) is 1. The molecule has 0 aromatic carbocycles. The number of aliphatic carboxylic acids is 1. The number of carboxylic acid groups (broad SMARTS) is 1. The molecular formula is C10H15NO7. The van der Waals surface area contributed by atoms with Crippen LogP contribution >= 0.6 is 0 Å². The maximum Gasteiger partial charge on any atom is 0.349 e. The van der Waals surface area contributed by atoms with E-state index >= 15 is 0 Å². The number of likely N-dealkylation sites (N-methyl/N-ethyl adjacent to an activating group) is 1. The molecular weight excluding hydrogens is 246 g/mol. The summed E-state index contributed by atoms with van der Waals surface area (Å²) in [5.74, 6) is -4.18. The summed E-state index contributed by atoms with van der Waals surface area (Å²) in [6, 6.07) is 0. The summed E-state index contributed by atoms with van der Waals surface area (Å²) in [5, 5.41) is 11.2. The summed E-state index contributed by atoms with van der Waals surface area (Å²) >= 11 is 0. The van der Waals surface area contributed by atoms with Crippen LogP contribution in [0.1, 0.15) is 20.8 Å². The van der Waals surface area contributed by atoms with Gasteiger partial charge in [0.15, 0.2) is 0 Å². The second-order valence-electron chi connectivity index (χ2n) is 3.29. The van der Waals surface area contributed by atoms with Gasteiger partial charge >= 0.3 is 17.9 Å². The normalized spacial score (nSPS) is 13.1. The first-order valence-electron chi connectivity index (χ1n) is 5.14. The number of carboxylic acids is 1. The van der Waals surface area contributed by atoms with Gasteiger partial charge in [-0.1, -0.05) is 0 Å². The average Bonchev–Trinajstić information content (AvgIpc) is 2.22. The summed E-state index contributed by atoms with van der Waals surface area (Å²) in [6.45, 7) is 3.81. The van der Waals surface area contributed by atoms with Crippen molar-refractivity contribution in [3.05, 3.63) is 0 Å². The molecule has 8 nitrogen and oxygen atoms in total. The Morgan fingerprint density at radius 3 is 1.83 bits per heavy atom. The van der Waals surface area contributed by atoms with E-state index in [4.69, 9.17) is 5.11 Å². The molecule has 0 aromatic rings. The van der Waals surface area contributed by atoms with Crippen LogP contribution in [0.2, 0.25) is 0 Å². The third-order valence-corrected chi connectivity index (χ3v) is 1.71. The van der Waals surface area contributed by atoms with E-state index in [1.165, 1.54) is 0 Å². The molecule has 0 aliphatic carbocycles. The lowest BCUT2D eigenvalue weighted by molar-refractivity contribution is -0.180. The fourth-order valence-corrected chi connectivity index (χ4v) is 1.13. The molecule has 102 valence electrons. The van der Waals surface area contributed by atoms with Crippen molar-refractivity contribution in [3.8, 4) is 0 Å². The maximum atomic E-state index is 11.6. The standard InChI is InChI=1S/C10H15NO7/c1-4-11-9(14)7(17-5(2)12)8(10(15)16)18-6(3)13/h7-8H,4H2,1-3H3,(H,11,14)(H,15,16). The minimum absolute atomic E-state index is 0.211. The number of carbonyl (C=O) groups is 4. The highest BCUT2D eigenvalue weighted by molar-refractivity contribution is 5.90. The predicted molar refractivity (Wildman–Crippen MR) is 57.4 cm³/mol. The van der Waals surface area contributed by atoms with Crippen LogP contribution in [0, 0.1) is 0 Å². The largest absolute Gasteiger partial charge is 0.478 e. The molecule has 0 saturated carbocycles. The van der Waals surface area contributed by atoms with Crippen LogP contribution < -0.4 is 5.32 Å². The van der Waals surface area contributed by atoms with Gasteiger partial charge in [0.2, 0.25) is 12.2 Å². The van der Waals surface area contributed by atoms with Crippen molar-refractivity contribution in [1.29, 1.82) is 0 Å². The quantitative estimate of drug-likeness (QED) is 0.593. The Bertz CT molecular complexity index is 352. The highest BCUT2D eigenvalue weighted by atomic mass is 16.6. The van der Waals surface area contributed by atoms with E-state index < -0.39 is 36.0 Å². The van der Waals surface area contributed by atoms with Crippen molar-refractivity contribution >= 4 is 23.8 Å². The zero-order valence-electron chi connectivity index (χ0n) is 10.3. The molecule has 1 amide bonds. The van der Waals surface area contributed by atoms with Gasteiger partial charge in [-0.3, -0.25) is 14.4 Å². The van der Waals surface area contributed by atoms with Gasteiger partial charge in [-0.05, 0) is 6.92 Å². The first kappa shape index (κ1) is 15.9. The minimum atomic E-state index is -1.88. The molecule has 0 rings (SSSR count). The highest BCUT2D eigenvalue weighted by Gasteiger charge is 2.39. The van der Waals surface area contributed by atoms with Gasteiger partial charge < -0.3 is 19.9 Å². The molecule has 2 N–H and O–H groups in total. The van der Waals surface area contributed by atoms with Crippen LogP contribution in [0.4, 0.5) is 0 Å². The zero-order valence-corrected chi connectivity index (χ0v) is 10.3. The van der Waals surface area contributed by atoms with Gasteiger partial charge in [0.25, 0.3) is 5.91 Å². The minimum Gasteiger partial charge on any atom is -0.478 e. The molecule has 2 unspecified atom stereocenters. The highest BCUT2D eigenvalue weighted by Crippen LogP contribution is 2.07. The predicted octanol–water partition coefficient (Wildman–Crippen LogP) is -0.929. The Hall–Kier alpha value is -2.12. The fourth-order valence-electron chi connectivity index (χ4n) is 1.13. The van der Waals surface area contributed by atoms with Gasteiger partial charge in [-0.2, -0.15) is 0 Å². The number of rotatable bonds is 6. The topological polar surface area (TPSA) is 119 Å². The molecule has 0 aliphatic rings. The van der Waals surface area contributed by atoms with E-state index in [-0.39, 0.29) is 6.54 Å². The summed E-state index contributed by atoms with van der Waals surface area (Å²) in [4.78, 5) is 44.1. The summed E-state index contributed by atoms with van der Waals surface area (Å²) in [7, 11) is 0. The first-order valence-corrected chi connectivity index (χ1v) is 5.14. The van der Waals surface area contributed by atoms with Crippen LogP contribution in [0.3, 0.4) is 0 Å². The van der Waals surface area contributed by atoms with E-state index in [0.717, 1.165) is 13.8 Å². The third-order valence-electron chi connectivity index (χ3n) is 1.71. The van der Waals surface area contributed by atoms with Crippen LogP contribution in [0.15, 0.2) is 0 Å². The van der Waals surface area contributed by atoms with Gasteiger partial charge in [0.05, 0.1) is 0 Å². The van der Waals surface area contributed by atoms with Crippen molar-refractivity contribution in [2.75, 3.05) is 6.54 Å². The molecule has 2 atom stereocenters. The second kappa shape index (κ2) is 7.25. The lowest BCUT2D eigenvalue weighted by Crippen LogP contribution is -2.49. The average molecular weight is 261 g/mol. The van der Waals surface area contributed by atoms with Gasteiger partial charge in [0, 0.05) is 20.4 Å². The molecule has 8 heteroatoms. The molecule has 0 spiro atoms. The Kier molecular flexibility index (Phi) is 6.40. The SMILES string of the molecule is CCNC(=O)C(OC(C)=O)C(OC(C)=O)C(=O)O. The van der Waals surface area contributed by atoms with Crippen LogP contribution in [0.25, 0.3) is 0 Å². The van der Waals surface area contributed by atoms with Gasteiger partial charge in [-0.15, -0.1) is 0 Å². The number of ether oxygens (including phenoxy) is 2. The molecule has 0 radical (unpaired) electrons. The van der Waals surface area contributed by atoms with E-state index in [2.05, 4.69) is 14.8 Å². The maximum absolute atomic E-state index is 11.6. The Balaban J connectivity index is 5.08. The monoisotopic (exact) mass is 261 g/mol. The van der Waals surface area contributed by atoms with Gasteiger partial charge in [0.1, 0.15) is 0 Å². The number of esters is 2. The third kappa shape index (κ3) is 5.28. The number of carbonyl (C=O) groups excluding carboxylic acids is 3. The number of amides is 1. The number of hydrogen-bond donors (Lipinski definition) is 2. The van der Waals surface area contributed by atoms with E-state index in [1.54, 1.807) is 6.92 Å². The van der Waals surface area contributed by atoms with Crippen molar-refractivity contribution < 1.29 is 33.8 Å². The van der Waals surface area contributed by atoms with Crippen molar-refractivity contribution in [2.45, 2.75) is 33.0 Å². The lowest BCUT2D eigenvalue weighted by Gasteiger charge is -2.22. The summed E-state index contributed by atoms with van der Waals surface area (Å²) in [5.41, 5.74) is 0. The van der Waals surface area contributed by atoms with E-state index in [0.29, 0.717) is 0 Å². The van der Waals surface area contributed by atoms with Gasteiger partial charge in [-0.25, -0.2) is 4.79 Å². The second-order valence-corrected chi connectivity index (χ2v) is 3.29. The summed E-state index contributed by atoms with van der Waals surface area (Å²) < 4.78 is 9.05. The molecule has 0 aromatic heterocycles.